The molecule has 1 aromatic rings. The lowest BCUT2D eigenvalue weighted by atomic mass is 9.68. The van der Waals surface area contributed by atoms with Crippen LogP contribution in [0.3, 0.4) is 0 Å². The van der Waals surface area contributed by atoms with Crippen molar-refractivity contribution in [3.63, 3.8) is 0 Å². The first-order valence-electron chi connectivity index (χ1n) is 9.85. The molecule has 3 rings (SSSR count). The van der Waals surface area contributed by atoms with Gasteiger partial charge in [0, 0.05) is 60.2 Å². The number of ketones is 2. The summed E-state index contributed by atoms with van der Waals surface area (Å²) in [6.07, 6.45) is 5.02. The predicted molar refractivity (Wildman–Crippen MR) is 107 cm³/mol. The molecule has 6 heteroatoms. The molecule has 0 saturated carbocycles. The molecule has 0 aromatic carbocycles. The largest absolute Gasteiger partial charge is 0.374 e. The second-order valence-electron chi connectivity index (χ2n) is 8.19. The van der Waals surface area contributed by atoms with Crippen LogP contribution in [0.25, 0.3) is 0 Å². The van der Waals surface area contributed by atoms with E-state index in [9.17, 15) is 9.59 Å². The van der Waals surface area contributed by atoms with Gasteiger partial charge in [-0.1, -0.05) is 26.8 Å². The lowest BCUT2D eigenvalue weighted by molar-refractivity contribution is -0.118. The normalized spacial score (nSPS) is 21.4. The van der Waals surface area contributed by atoms with Gasteiger partial charge < -0.3 is 15.8 Å². The van der Waals surface area contributed by atoms with Crippen LogP contribution in [0.15, 0.2) is 47.1 Å². The van der Waals surface area contributed by atoms with Gasteiger partial charge >= 0.3 is 0 Å². The van der Waals surface area contributed by atoms with Gasteiger partial charge in [0.25, 0.3) is 0 Å². The Labute approximate surface area is 166 Å². The van der Waals surface area contributed by atoms with Crippen molar-refractivity contribution < 1.29 is 14.3 Å². The Morgan fingerprint density at radius 1 is 1.39 bits per heavy atom. The fourth-order valence-corrected chi connectivity index (χ4v) is 4.12. The fraction of sp³-hybridized carbons (Fsp3) is 0.500. The van der Waals surface area contributed by atoms with Crippen molar-refractivity contribution in [3.05, 3.63) is 52.6 Å². The van der Waals surface area contributed by atoms with Gasteiger partial charge in [-0.3, -0.25) is 14.6 Å². The molecule has 0 fully saturated rings. The van der Waals surface area contributed by atoms with E-state index in [-0.39, 0.29) is 23.6 Å². The average Bonchev–Trinajstić information content (AvgIpc) is 2.66. The first kappa shape index (κ1) is 20.4. The number of hydrogen-bond acceptors (Lipinski definition) is 6. The molecular weight excluding hydrogens is 354 g/mol. The van der Waals surface area contributed by atoms with E-state index >= 15 is 0 Å². The van der Waals surface area contributed by atoms with Gasteiger partial charge in [0.1, 0.15) is 0 Å². The average molecular weight is 383 g/mol. The van der Waals surface area contributed by atoms with Gasteiger partial charge in [-0.2, -0.15) is 0 Å². The van der Waals surface area contributed by atoms with Gasteiger partial charge in [0.2, 0.25) is 0 Å². The summed E-state index contributed by atoms with van der Waals surface area (Å²) in [5.74, 6) is -0.301. The first-order chi connectivity index (χ1) is 13.4. The molecular formula is C22H29N3O3. The number of nitrogens with zero attached hydrogens (tertiary/aromatic N) is 1. The predicted octanol–water partition coefficient (Wildman–Crippen LogP) is 2.62. The molecule has 150 valence electrons. The molecule has 1 unspecified atom stereocenters. The second-order valence-corrected chi connectivity index (χ2v) is 8.19. The molecule has 0 saturated heterocycles. The van der Waals surface area contributed by atoms with Crippen LogP contribution in [0.5, 0.6) is 0 Å². The first-order valence-corrected chi connectivity index (χ1v) is 9.85. The zero-order chi connectivity index (χ0) is 20.3. The third-order valence-corrected chi connectivity index (χ3v) is 5.27. The number of nitrogens with two attached hydrogens (primary N) is 1. The van der Waals surface area contributed by atoms with Crippen LogP contribution >= 0.6 is 0 Å². The summed E-state index contributed by atoms with van der Waals surface area (Å²) in [6.45, 7) is 7.11. The van der Waals surface area contributed by atoms with Crippen LogP contribution in [0.1, 0.15) is 51.5 Å². The highest BCUT2D eigenvalue weighted by molar-refractivity contribution is 6.06. The van der Waals surface area contributed by atoms with E-state index in [1.165, 1.54) is 0 Å². The molecule has 1 aromatic heterocycles. The number of aromatic nitrogens is 1. The fourth-order valence-electron chi connectivity index (χ4n) is 4.12. The molecule has 0 radical (unpaired) electrons. The second kappa shape index (κ2) is 8.37. The Bertz CT molecular complexity index is 825. The van der Waals surface area contributed by atoms with Crippen molar-refractivity contribution in [1.29, 1.82) is 0 Å². The number of carbonyl (C=O) groups is 2. The van der Waals surface area contributed by atoms with Crippen molar-refractivity contribution >= 4 is 11.6 Å². The number of nitrogens with one attached hydrogen (secondary N) is 1. The highest BCUT2D eigenvalue weighted by Crippen LogP contribution is 2.46. The summed E-state index contributed by atoms with van der Waals surface area (Å²) in [5.41, 5.74) is 9.23. The number of rotatable bonds is 7. The molecule has 0 amide bonds. The minimum absolute atomic E-state index is 0.0110. The van der Waals surface area contributed by atoms with E-state index in [2.05, 4.69) is 24.1 Å². The minimum atomic E-state index is -0.405. The van der Waals surface area contributed by atoms with E-state index < -0.39 is 5.92 Å². The zero-order valence-corrected chi connectivity index (χ0v) is 16.9. The molecule has 2 heterocycles. The minimum Gasteiger partial charge on any atom is -0.374 e. The number of ether oxygens (including phenoxy) is 1. The van der Waals surface area contributed by atoms with Crippen LogP contribution in [-0.4, -0.2) is 36.3 Å². The standard InChI is InChI=1S/C22H29N3O3/c1-4-17(26)21-16(13-28-9-7-23)25-15-10-22(2,3)11-18(27)20(15)19(21)14-6-5-8-24-12-14/h5-6,8,12,19,25H,4,7,9-11,13,23H2,1-3H3. The Morgan fingerprint density at radius 3 is 2.82 bits per heavy atom. The van der Waals surface area contributed by atoms with Gasteiger partial charge in [-0.05, 0) is 23.5 Å². The number of allylic oxidation sites excluding steroid dienone is 3. The summed E-state index contributed by atoms with van der Waals surface area (Å²) < 4.78 is 5.67. The molecule has 3 N–H and O–H groups in total. The third kappa shape index (κ3) is 4.08. The SMILES string of the molecule is CCC(=O)C1=C(COCCN)NC2=C(C(=O)CC(C)(C)C2)C1c1cccnc1. The number of carbonyl (C=O) groups excluding carboxylic acids is 2. The topological polar surface area (TPSA) is 94.3 Å². The molecule has 28 heavy (non-hydrogen) atoms. The smallest absolute Gasteiger partial charge is 0.162 e. The number of pyridine rings is 1. The Hall–Kier alpha value is -2.31. The molecule has 2 aliphatic rings. The zero-order valence-electron chi connectivity index (χ0n) is 16.9. The monoisotopic (exact) mass is 383 g/mol. The van der Waals surface area contributed by atoms with Crippen LogP contribution in [0, 0.1) is 5.41 Å². The number of Topliss-reactive ketones (excluding diaryl/α,β-unsaturated/α-hetero) is 2. The third-order valence-electron chi connectivity index (χ3n) is 5.27. The lowest BCUT2D eigenvalue weighted by Crippen LogP contribution is -2.40. The summed E-state index contributed by atoms with van der Waals surface area (Å²) in [4.78, 5) is 30.4. The van der Waals surface area contributed by atoms with Crippen molar-refractivity contribution in [3.8, 4) is 0 Å². The van der Waals surface area contributed by atoms with E-state index in [0.717, 1.165) is 23.4 Å². The van der Waals surface area contributed by atoms with Crippen molar-refractivity contribution in [2.45, 2.75) is 46.0 Å². The summed E-state index contributed by atoms with van der Waals surface area (Å²) in [5, 5.41) is 3.40. The van der Waals surface area contributed by atoms with Crippen LogP contribution in [-0.2, 0) is 14.3 Å². The molecule has 0 bridgehead atoms. The Kier molecular flexibility index (Phi) is 6.10. The summed E-state index contributed by atoms with van der Waals surface area (Å²) >= 11 is 0. The molecule has 6 nitrogen and oxygen atoms in total. The maximum atomic E-state index is 13.2. The quantitative estimate of drug-likeness (QED) is 0.703. The van der Waals surface area contributed by atoms with E-state index in [1.807, 2.05) is 19.1 Å². The number of dihydropyridines is 1. The summed E-state index contributed by atoms with van der Waals surface area (Å²) in [6, 6.07) is 3.77. The maximum absolute atomic E-state index is 13.2. The summed E-state index contributed by atoms with van der Waals surface area (Å²) in [7, 11) is 0. The molecule has 0 spiro atoms. The van der Waals surface area contributed by atoms with E-state index in [4.69, 9.17) is 10.5 Å². The maximum Gasteiger partial charge on any atom is 0.162 e. The Morgan fingerprint density at radius 2 is 2.18 bits per heavy atom. The van der Waals surface area contributed by atoms with Crippen LogP contribution in [0.4, 0.5) is 0 Å². The number of hydrogen-bond donors (Lipinski definition) is 2. The van der Waals surface area contributed by atoms with Crippen molar-refractivity contribution in [1.82, 2.24) is 10.3 Å². The molecule has 1 aliphatic heterocycles. The van der Waals surface area contributed by atoms with Crippen LogP contribution < -0.4 is 11.1 Å². The van der Waals surface area contributed by atoms with E-state index in [1.54, 1.807) is 12.4 Å². The van der Waals surface area contributed by atoms with Crippen LogP contribution in [0.2, 0.25) is 0 Å². The highest BCUT2D eigenvalue weighted by Gasteiger charge is 2.42. The molecule has 1 atom stereocenters. The highest BCUT2D eigenvalue weighted by atomic mass is 16.5. The van der Waals surface area contributed by atoms with Crippen molar-refractivity contribution in [2.75, 3.05) is 19.8 Å². The van der Waals surface area contributed by atoms with Gasteiger partial charge in [0.15, 0.2) is 11.6 Å². The van der Waals surface area contributed by atoms with Crippen molar-refractivity contribution in [2.24, 2.45) is 11.1 Å². The van der Waals surface area contributed by atoms with E-state index in [0.29, 0.717) is 37.1 Å². The van der Waals surface area contributed by atoms with Gasteiger partial charge in [0.05, 0.1) is 13.2 Å². The Balaban J connectivity index is 2.15. The van der Waals surface area contributed by atoms with Gasteiger partial charge in [-0.15, -0.1) is 0 Å². The molecule has 1 aliphatic carbocycles. The lowest BCUT2D eigenvalue weighted by Gasteiger charge is -2.40. The van der Waals surface area contributed by atoms with Gasteiger partial charge in [-0.25, -0.2) is 0 Å².